The van der Waals surface area contributed by atoms with Crippen LogP contribution in [0.3, 0.4) is 0 Å². The highest BCUT2D eigenvalue weighted by molar-refractivity contribution is 6.25. The molecule has 0 unspecified atom stereocenters. The van der Waals surface area contributed by atoms with E-state index in [4.69, 9.17) is 15.7 Å². The molecule has 0 spiro atoms. The third-order valence-corrected chi connectivity index (χ3v) is 2.13. The average Bonchev–Trinajstić information content (AvgIpc) is 2.32. The zero-order valence-electron chi connectivity index (χ0n) is 10.1. The Kier molecular flexibility index (Phi) is 6.87. The van der Waals surface area contributed by atoms with E-state index in [0.717, 1.165) is 6.92 Å². The van der Waals surface area contributed by atoms with Gasteiger partial charge in [0, 0.05) is 6.42 Å². The van der Waals surface area contributed by atoms with Gasteiger partial charge in [-0.05, 0) is 13.3 Å². The van der Waals surface area contributed by atoms with Crippen LogP contribution < -0.4 is 5.32 Å². The van der Waals surface area contributed by atoms with Crippen LogP contribution in [0.25, 0.3) is 5.53 Å². The summed E-state index contributed by atoms with van der Waals surface area (Å²) in [4.78, 5) is 46.3. The first kappa shape index (κ1) is 16.6. The van der Waals surface area contributed by atoms with Crippen LogP contribution in [-0.2, 0) is 19.2 Å². The number of aliphatic hydroxyl groups is 1. The van der Waals surface area contributed by atoms with Crippen LogP contribution in [0, 0.1) is 0 Å². The molecule has 0 aliphatic heterocycles. The molecule has 2 atom stereocenters. The van der Waals surface area contributed by atoms with Crippen molar-refractivity contribution in [3.8, 4) is 0 Å². The SMILES string of the molecule is CC(=O)[C@@H](O)C(=O)N[C@@H](CCC(=O)C=[N+]=[N-])C(=O)O. The molecule has 0 aromatic heterocycles. The molecule has 0 rings (SSSR count). The quantitative estimate of drug-likeness (QED) is 0.203. The van der Waals surface area contributed by atoms with Crippen LogP contribution in [0.1, 0.15) is 19.8 Å². The number of rotatable bonds is 8. The Morgan fingerprint density at radius 1 is 1.37 bits per heavy atom. The van der Waals surface area contributed by atoms with Crippen molar-refractivity contribution in [2.45, 2.75) is 31.9 Å². The number of carbonyl (C=O) groups excluding carboxylic acids is 3. The fraction of sp³-hybridized carbons (Fsp3) is 0.500. The average molecular weight is 271 g/mol. The summed E-state index contributed by atoms with van der Waals surface area (Å²) in [5.74, 6) is -4.03. The fourth-order valence-corrected chi connectivity index (χ4v) is 1.11. The number of nitrogens with one attached hydrogen (secondary N) is 1. The summed E-state index contributed by atoms with van der Waals surface area (Å²) in [6.07, 6.45) is -1.89. The minimum Gasteiger partial charge on any atom is -0.480 e. The van der Waals surface area contributed by atoms with Gasteiger partial charge in [-0.1, -0.05) is 0 Å². The van der Waals surface area contributed by atoms with Gasteiger partial charge in [0.15, 0.2) is 11.9 Å². The maximum absolute atomic E-state index is 11.3. The van der Waals surface area contributed by atoms with Crippen molar-refractivity contribution in [2.75, 3.05) is 0 Å². The lowest BCUT2D eigenvalue weighted by molar-refractivity contribution is -0.146. The molecule has 0 aliphatic rings. The van der Waals surface area contributed by atoms with Crippen LogP contribution in [0.15, 0.2) is 0 Å². The number of carboxylic acids is 1. The number of carboxylic acid groups (broad SMARTS) is 1. The first-order chi connectivity index (χ1) is 8.79. The van der Waals surface area contributed by atoms with Crippen LogP contribution in [-0.4, -0.2) is 56.8 Å². The van der Waals surface area contributed by atoms with E-state index in [1.807, 2.05) is 5.32 Å². The Morgan fingerprint density at radius 2 is 1.95 bits per heavy atom. The van der Waals surface area contributed by atoms with E-state index in [-0.39, 0.29) is 12.8 Å². The second-order valence-corrected chi connectivity index (χ2v) is 3.66. The predicted octanol–water partition coefficient (Wildman–Crippen LogP) is -1.84. The van der Waals surface area contributed by atoms with Gasteiger partial charge in [0.25, 0.3) is 5.91 Å². The van der Waals surface area contributed by atoms with E-state index < -0.39 is 35.6 Å². The van der Waals surface area contributed by atoms with Gasteiger partial charge in [-0.25, -0.2) is 4.79 Å². The Morgan fingerprint density at radius 3 is 2.37 bits per heavy atom. The van der Waals surface area contributed by atoms with Gasteiger partial charge in [-0.2, -0.15) is 4.79 Å². The van der Waals surface area contributed by atoms with Crippen molar-refractivity contribution in [1.82, 2.24) is 5.32 Å². The number of amides is 1. The highest BCUT2D eigenvalue weighted by Crippen LogP contribution is 1.99. The first-order valence-corrected chi connectivity index (χ1v) is 5.21. The minimum absolute atomic E-state index is 0.267. The summed E-state index contributed by atoms with van der Waals surface area (Å²) in [6.45, 7) is 0.973. The van der Waals surface area contributed by atoms with E-state index in [1.54, 1.807) is 0 Å². The number of Topliss-reactive ketones (excluding diaryl/α,β-unsaturated/α-hetero) is 2. The molecule has 9 heteroatoms. The maximum atomic E-state index is 11.3. The Labute approximate surface area is 107 Å². The molecule has 9 nitrogen and oxygen atoms in total. The second-order valence-electron chi connectivity index (χ2n) is 3.66. The molecule has 1 amide bonds. The summed E-state index contributed by atoms with van der Waals surface area (Å²) in [5, 5.41) is 19.8. The van der Waals surface area contributed by atoms with Gasteiger partial charge >= 0.3 is 12.2 Å². The number of hydrogen-bond acceptors (Lipinski definition) is 5. The summed E-state index contributed by atoms with van der Waals surface area (Å²) in [7, 11) is 0. The Balaban J connectivity index is 4.55. The molecular weight excluding hydrogens is 258 g/mol. The van der Waals surface area contributed by atoms with Crippen molar-refractivity contribution >= 4 is 29.7 Å². The van der Waals surface area contributed by atoms with E-state index >= 15 is 0 Å². The van der Waals surface area contributed by atoms with E-state index in [0.29, 0.717) is 6.21 Å². The molecule has 0 aromatic carbocycles. The zero-order valence-corrected chi connectivity index (χ0v) is 10.1. The molecule has 3 N–H and O–H groups in total. The number of ketones is 2. The van der Waals surface area contributed by atoms with Crippen LogP contribution >= 0.6 is 0 Å². The standard InChI is InChI=1S/C10H13N3O6/c1-5(14)8(16)9(17)13-7(10(18)19)3-2-6(15)4-12-11/h4,7-8,16H,2-3H2,1H3,(H,13,17)(H,18,19)/t7-,8+/m0/s1. The molecule has 0 heterocycles. The van der Waals surface area contributed by atoms with Gasteiger partial charge < -0.3 is 21.1 Å². The van der Waals surface area contributed by atoms with Crippen molar-refractivity contribution in [1.29, 1.82) is 0 Å². The second kappa shape index (κ2) is 7.85. The molecule has 0 saturated carbocycles. The lowest BCUT2D eigenvalue weighted by Gasteiger charge is -2.15. The lowest BCUT2D eigenvalue weighted by atomic mass is 10.1. The van der Waals surface area contributed by atoms with Crippen molar-refractivity contribution in [2.24, 2.45) is 0 Å². The van der Waals surface area contributed by atoms with Gasteiger partial charge in [-0.3, -0.25) is 14.4 Å². The van der Waals surface area contributed by atoms with Gasteiger partial charge in [0.05, 0.1) is 0 Å². The Bertz CT molecular complexity index is 441. The van der Waals surface area contributed by atoms with E-state index in [1.165, 1.54) is 0 Å². The zero-order chi connectivity index (χ0) is 15.0. The smallest absolute Gasteiger partial charge is 0.326 e. The van der Waals surface area contributed by atoms with Crippen molar-refractivity contribution in [3.05, 3.63) is 5.53 Å². The number of hydrogen-bond donors (Lipinski definition) is 3. The molecule has 0 saturated heterocycles. The third kappa shape index (κ3) is 6.20. The highest BCUT2D eigenvalue weighted by Gasteiger charge is 2.26. The summed E-state index contributed by atoms with van der Waals surface area (Å²) in [5.41, 5.74) is 8.08. The van der Waals surface area contributed by atoms with E-state index in [2.05, 4.69) is 4.79 Å². The maximum Gasteiger partial charge on any atom is 0.326 e. The van der Waals surface area contributed by atoms with Gasteiger partial charge in [0.1, 0.15) is 6.04 Å². The van der Waals surface area contributed by atoms with E-state index in [9.17, 15) is 19.2 Å². The highest BCUT2D eigenvalue weighted by atomic mass is 16.4. The molecule has 104 valence electrons. The number of carbonyl (C=O) groups is 4. The van der Waals surface area contributed by atoms with Crippen molar-refractivity contribution in [3.63, 3.8) is 0 Å². The Hall–Kier alpha value is -2.38. The van der Waals surface area contributed by atoms with Crippen LogP contribution in [0.4, 0.5) is 0 Å². The molecule has 0 aliphatic carbocycles. The topological polar surface area (TPSA) is 157 Å². The minimum atomic E-state index is -1.95. The summed E-state index contributed by atoms with van der Waals surface area (Å²) >= 11 is 0. The van der Waals surface area contributed by atoms with Gasteiger partial charge in [0.2, 0.25) is 5.78 Å². The monoisotopic (exact) mass is 271 g/mol. The number of aliphatic carboxylic acids is 1. The van der Waals surface area contributed by atoms with Crippen LogP contribution in [0.5, 0.6) is 0 Å². The van der Waals surface area contributed by atoms with Crippen LogP contribution in [0.2, 0.25) is 0 Å². The predicted molar refractivity (Wildman–Crippen MR) is 60.2 cm³/mol. The van der Waals surface area contributed by atoms with Crippen molar-refractivity contribution < 1.29 is 34.2 Å². The molecular formula is C10H13N3O6. The number of aliphatic hydroxyl groups excluding tert-OH is 1. The number of nitrogens with zero attached hydrogens (tertiary/aromatic N) is 2. The summed E-state index contributed by atoms with van der Waals surface area (Å²) < 4.78 is 0. The lowest BCUT2D eigenvalue weighted by Crippen LogP contribution is -2.47. The molecule has 0 radical (unpaired) electrons. The third-order valence-electron chi connectivity index (χ3n) is 2.13. The largest absolute Gasteiger partial charge is 0.480 e. The molecule has 0 aromatic rings. The molecule has 0 bridgehead atoms. The molecule has 0 fully saturated rings. The normalized spacial score (nSPS) is 12.7. The summed E-state index contributed by atoms with van der Waals surface area (Å²) in [6, 6.07) is -1.43. The van der Waals surface area contributed by atoms with Gasteiger partial charge in [-0.15, -0.1) is 0 Å². The first-order valence-electron chi connectivity index (χ1n) is 5.21. The fourth-order valence-electron chi connectivity index (χ4n) is 1.11. The molecule has 19 heavy (non-hydrogen) atoms.